The molecule has 0 aromatic rings. The number of hydrogen-bond acceptors (Lipinski definition) is 3. The number of carbonyl (C=O) groups is 1. The molecule has 4 rings (SSSR count). The van der Waals surface area contributed by atoms with E-state index in [1.807, 2.05) is 0 Å². The Balaban J connectivity index is 1.26. The molecule has 0 spiro atoms. The molecule has 4 aliphatic carbocycles. The van der Waals surface area contributed by atoms with Crippen LogP contribution < -0.4 is 0 Å². The second-order valence-electron chi connectivity index (χ2n) is 15.5. The van der Waals surface area contributed by atoms with Gasteiger partial charge in [-0.15, -0.1) is 0 Å². The molecule has 4 aliphatic rings. The minimum atomic E-state index is -0.443. The van der Waals surface area contributed by atoms with Crippen molar-refractivity contribution < 1.29 is 14.3 Å². The number of ether oxygens (including phenoxy) is 2. The molecule has 3 nitrogen and oxygen atoms in total. The van der Waals surface area contributed by atoms with Crippen LogP contribution in [0.4, 0.5) is 4.79 Å². The lowest BCUT2D eigenvalue weighted by atomic mass is 9.47. The zero-order valence-electron chi connectivity index (χ0n) is 27.3. The Morgan fingerprint density at radius 3 is 2.40 bits per heavy atom. The molecule has 3 fully saturated rings. The molecular formula is C37H64O3. The van der Waals surface area contributed by atoms with Gasteiger partial charge in [-0.1, -0.05) is 111 Å². The zero-order chi connectivity index (χ0) is 28.8. The Hall–Kier alpha value is -0.990. The maximum Gasteiger partial charge on any atom is 0.508 e. The number of hydrogen-bond donors (Lipinski definition) is 0. The van der Waals surface area contributed by atoms with Crippen molar-refractivity contribution in [2.75, 3.05) is 6.61 Å². The van der Waals surface area contributed by atoms with Gasteiger partial charge in [0.15, 0.2) is 0 Å². The number of unbranched alkanes of at least 4 members (excludes halogenated alkanes) is 6. The molecule has 3 saturated carbocycles. The van der Waals surface area contributed by atoms with Crippen LogP contribution in [0.5, 0.6) is 0 Å². The predicted octanol–water partition coefficient (Wildman–Crippen LogP) is 11.3. The molecule has 8 atom stereocenters. The van der Waals surface area contributed by atoms with Gasteiger partial charge in [-0.3, -0.25) is 0 Å². The van der Waals surface area contributed by atoms with Crippen molar-refractivity contribution in [3.8, 4) is 0 Å². The first-order valence-corrected chi connectivity index (χ1v) is 17.7. The van der Waals surface area contributed by atoms with Crippen LogP contribution in [0.3, 0.4) is 0 Å². The molecule has 0 saturated heterocycles. The summed E-state index contributed by atoms with van der Waals surface area (Å²) in [6.07, 6.45) is 25.0. The van der Waals surface area contributed by atoms with E-state index in [1.165, 1.54) is 83.5 Å². The van der Waals surface area contributed by atoms with Crippen molar-refractivity contribution in [3.63, 3.8) is 0 Å². The van der Waals surface area contributed by atoms with Crippen molar-refractivity contribution in [2.24, 2.45) is 46.3 Å². The third kappa shape index (κ3) is 7.31. The molecule has 4 unspecified atom stereocenters. The summed E-state index contributed by atoms with van der Waals surface area (Å²) in [6.45, 7) is 15.3. The Bertz CT molecular complexity index is 831. The summed E-state index contributed by atoms with van der Waals surface area (Å²) in [4.78, 5) is 12.4. The Morgan fingerprint density at radius 2 is 1.65 bits per heavy atom. The third-order valence-electron chi connectivity index (χ3n) is 12.5. The van der Waals surface area contributed by atoms with Crippen LogP contribution >= 0.6 is 0 Å². The highest BCUT2D eigenvalue weighted by Crippen LogP contribution is 2.67. The molecule has 230 valence electrons. The summed E-state index contributed by atoms with van der Waals surface area (Å²) in [5, 5.41) is 0. The summed E-state index contributed by atoms with van der Waals surface area (Å²) in [6, 6.07) is 0. The van der Waals surface area contributed by atoms with E-state index in [4.69, 9.17) is 9.47 Å². The fourth-order valence-corrected chi connectivity index (χ4v) is 10.1. The average molecular weight is 557 g/mol. The van der Waals surface area contributed by atoms with Crippen LogP contribution in [0.15, 0.2) is 11.6 Å². The van der Waals surface area contributed by atoms with E-state index >= 15 is 0 Å². The Kier molecular flexibility index (Phi) is 11.5. The van der Waals surface area contributed by atoms with Gasteiger partial charge in [-0.05, 0) is 97.7 Å². The number of fused-ring (bicyclic) bond motifs is 5. The van der Waals surface area contributed by atoms with Crippen LogP contribution in [0.2, 0.25) is 0 Å². The SMILES string of the molecule is CCCCCCCCCOC(=O)OC1CC[C@@]2(C)C(=CCC3C2CC[C@@]2(C)C3CC[C@@H]2[C@H](C)CCCC(C)C)C1. The minimum absolute atomic E-state index is 0.00572. The first kappa shape index (κ1) is 31.9. The van der Waals surface area contributed by atoms with Gasteiger partial charge in [0, 0.05) is 6.42 Å². The van der Waals surface area contributed by atoms with E-state index in [0.717, 1.165) is 67.6 Å². The number of allylic oxidation sites excluding steroid dienone is 1. The van der Waals surface area contributed by atoms with Gasteiger partial charge >= 0.3 is 6.16 Å². The van der Waals surface area contributed by atoms with E-state index in [1.54, 1.807) is 5.57 Å². The molecular weight excluding hydrogens is 492 g/mol. The summed E-state index contributed by atoms with van der Waals surface area (Å²) >= 11 is 0. The zero-order valence-corrected chi connectivity index (χ0v) is 27.3. The lowest BCUT2D eigenvalue weighted by Crippen LogP contribution is -2.51. The molecule has 0 aromatic carbocycles. The van der Waals surface area contributed by atoms with Crippen LogP contribution in [0, 0.1) is 46.3 Å². The molecule has 0 radical (unpaired) electrons. The first-order valence-electron chi connectivity index (χ1n) is 17.7. The average Bonchev–Trinajstić information content (AvgIpc) is 3.27. The van der Waals surface area contributed by atoms with Crippen molar-refractivity contribution in [3.05, 3.63) is 11.6 Å². The highest BCUT2D eigenvalue weighted by Gasteiger charge is 2.59. The highest BCUT2D eigenvalue weighted by molar-refractivity contribution is 5.60. The van der Waals surface area contributed by atoms with E-state index in [0.29, 0.717) is 17.4 Å². The summed E-state index contributed by atoms with van der Waals surface area (Å²) in [5.41, 5.74) is 2.43. The highest BCUT2D eigenvalue weighted by atomic mass is 16.7. The summed E-state index contributed by atoms with van der Waals surface area (Å²) < 4.78 is 11.3. The second-order valence-corrected chi connectivity index (χ2v) is 15.5. The molecule has 0 aromatic heterocycles. The lowest BCUT2D eigenvalue weighted by molar-refractivity contribution is -0.0617. The first-order chi connectivity index (χ1) is 19.2. The molecule has 0 N–H and O–H groups in total. The summed E-state index contributed by atoms with van der Waals surface area (Å²) in [5.74, 6) is 5.18. The van der Waals surface area contributed by atoms with E-state index in [-0.39, 0.29) is 6.10 Å². The van der Waals surface area contributed by atoms with Gasteiger partial charge in [-0.25, -0.2) is 4.79 Å². The fraction of sp³-hybridized carbons (Fsp3) is 0.919. The third-order valence-corrected chi connectivity index (χ3v) is 12.5. The minimum Gasteiger partial charge on any atom is -0.434 e. The van der Waals surface area contributed by atoms with E-state index < -0.39 is 6.16 Å². The normalized spacial score (nSPS) is 35.9. The van der Waals surface area contributed by atoms with Crippen LogP contribution in [-0.2, 0) is 9.47 Å². The van der Waals surface area contributed by atoms with Crippen LogP contribution in [0.25, 0.3) is 0 Å². The standard InChI is InChI=1S/C37H64O3/c1-7-8-9-10-11-12-13-25-39-35(38)40-30-21-23-36(5)29(26-30)17-18-31-33-20-19-32(28(4)16-14-15-27(2)3)37(33,6)24-22-34(31)36/h17,27-28,30-34H,7-16,18-26H2,1-6H3/t28-,30?,31?,32-,33?,34?,36+,37-/m1/s1. The molecule has 0 heterocycles. The van der Waals surface area contributed by atoms with Crippen molar-refractivity contribution >= 4 is 6.16 Å². The van der Waals surface area contributed by atoms with Crippen LogP contribution in [-0.4, -0.2) is 18.9 Å². The maximum atomic E-state index is 12.4. The predicted molar refractivity (Wildman–Crippen MR) is 167 cm³/mol. The van der Waals surface area contributed by atoms with Gasteiger partial charge < -0.3 is 9.47 Å². The summed E-state index contributed by atoms with van der Waals surface area (Å²) in [7, 11) is 0. The van der Waals surface area contributed by atoms with Crippen molar-refractivity contribution in [2.45, 2.75) is 163 Å². The monoisotopic (exact) mass is 556 g/mol. The number of rotatable bonds is 14. The lowest BCUT2D eigenvalue weighted by Gasteiger charge is -2.58. The second kappa shape index (κ2) is 14.5. The maximum absolute atomic E-state index is 12.4. The van der Waals surface area contributed by atoms with Gasteiger partial charge in [0.25, 0.3) is 0 Å². The van der Waals surface area contributed by atoms with E-state index in [2.05, 4.69) is 47.6 Å². The van der Waals surface area contributed by atoms with Crippen molar-refractivity contribution in [1.82, 2.24) is 0 Å². The Labute approximate surface area is 248 Å². The van der Waals surface area contributed by atoms with E-state index in [9.17, 15) is 4.79 Å². The molecule has 0 aliphatic heterocycles. The molecule has 0 bridgehead atoms. The smallest absolute Gasteiger partial charge is 0.434 e. The molecule has 40 heavy (non-hydrogen) atoms. The number of carbonyl (C=O) groups excluding carboxylic acids is 1. The molecule has 0 amide bonds. The van der Waals surface area contributed by atoms with Gasteiger partial charge in [-0.2, -0.15) is 0 Å². The largest absolute Gasteiger partial charge is 0.508 e. The Morgan fingerprint density at radius 1 is 0.900 bits per heavy atom. The van der Waals surface area contributed by atoms with Crippen molar-refractivity contribution in [1.29, 1.82) is 0 Å². The van der Waals surface area contributed by atoms with Gasteiger partial charge in [0.05, 0.1) is 6.61 Å². The fourth-order valence-electron chi connectivity index (χ4n) is 10.1. The topological polar surface area (TPSA) is 35.5 Å². The molecule has 3 heteroatoms. The van der Waals surface area contributed by atoms with Crippen LogP contribution in [0.1, 0.15) is 157 Å². The van der Waals surface area contributed by atoms with Gasteiger partial charge in [0.1, 0.15) is 6.10 Å². The quantitative estimate of drug-likeness (QED) is 0.121. The van der Waals surface area contributed by atoms with Gasteiger partial charge in [0.2, 0.25) is 0 Å².